The van der Waals surface area contributed by atoms with Gasteiger partial charge in [0.05, 0.1) is 19.8 Å². The zero-order valence-corrected chi connectivity index (χ0v) is 43.2. The van der Waals surface area contributed by atoms with E-state index in [2.05, 4.69) is 90.9 Å². The third kappa shape index (κ3) is 38.3. The second-order valence-corrected chi connectivity index (χ2v) is 19.1. The number of allylic oxidation sites excluding steroid dienone is 12. The molecule has 1 rings (SSSR count). The summed E-state index contributed by atoms with van der Waals surface area (Å²) in [5.41, 5.74) is 0. The standard InChI is InChI=1S/C55H96O12S/c1-3-5-7-9-11-13-15-17-19-20-21-22-23-24-25-26-27-28-29-31-33-35-37-39-41-43-45-63-47-49(48-64-55-53(59)54(67-68(60,61)62)52(58)50(46-56)66-55)65-51(57)44-42-40-38-36-34-32-30-18-16-14-12-10-8-6-4-2/h5,7,11,13,17,19,21-22,24-25,27-28,49-50,52-56,58-59H,3-4,6,8-10,12,14-16,18,20,23,26,29-48H2,1-2H3,(H,60,61,62)/b7-5-,13-11-,19-17-,22-21-,25-24-,28-27-. The van der Waals surface area contributed by atoms with Crippen LogP contribution in [0.15, 0.2) is 72.9 Å². The highest BCUT2D eigenvalue weighted by molar-refractivity contribution is 7.80. The van der Waals surface area contributed by atoms with Crippen LogP contribution in [-0.2, 0) is 38.3 Å². The molecule has 1 aliphatic rings. The van der Waals surface area contributed by atoms with Crippen LogP contribution in [-0.4, -0.2) is 97.5 Å². The molecule has 0 saturated carbocycles. The van der Waals surface area contributed by atoms with Gasteiger partial charge >= 0.3 is 16.4 Å². The van der Waals surface area contributed by atoms with Gasteiger partial charge in [-0.05, 0) is 64.2 Å². The summed E-state index contributed by atoms with van der Waals surface area (Å²) in [4.78, 5) is 12.9. The number of hydrogen-bond acceptors (Lipinski definition) is 11. The van der Waals surface area contributed by atoms with Crippen LogP contribution in [0.25, 0.3) is 0 Å². The number of aliphatic hydroxyl groups is 3. The summed E-state index contributed by atoms with van der Waals surface area (Å²) in [6.45, 7) is 3.86. The third-order valence-corrected chi connectivity index (χ3v) is 12.3. The predicted octanol–water partition coefficient (Wildman–Crippen LogP) is 12.6. The summed E-state index contributed by atoms with van der Waals surface area (Å²) in [5, 5.41) is 30.8. The van der Waals surface area contributed by atoms with Gasteiger partial charge < -0.3 is 34.3 Å². The van der Waals surface area contributed by atoms with Crippen LogP contribution >= 0.6 is 0 Å². The largest absolute Gasteiger partial charge is 0.457 e. The summed E-state index contributed by atoms with van der Waals surface area (Å²) in [5.74, 6) is -0.404. The Balaban J connectivity index is 2.33. The smallest absolute Gasteiger partial charge is 0.397 e. The van der Waals surface area contributed by atoms with Crippen LogP contribution in [0.1, 0.15) is 206 Å². The Hall–Kier alpha value is -2.46. The fourth-order valence-corrected chi connectivity index (χ4v) is 8.36. The molecule has 0 aromatic rings. The van der Waals surface area contributed by atoms with Crippen molar-refractivity contribution in [2.75, 3.05) is 26.4 Å². The van der Waals surface area contributed by atoms with E-state index in [4.69, 9.17) is 18.9 Å². The van der Waals surface area contributed by atoms with Gasteiger partial charge in [0.25, 0.3) is 0 Å². The molecule has 1 heterocycles. The average molecular weight is 981 g/mol. The van der Waals surface area contributed by atoms with E-state index >= 15 is 0 Å². The van der Waals surface area contributed by atoms with Gasteiger partial charge in [0.1, 0.15) is 30.5 Å². The maximum absolute atomic E-state index is 12.9. The Labute approximate surface area is 413 Å². The van der Waals surface area contributed by atoms with Crippen LogP contribution in [0.5, 0.6) is 0 Å². The van der Waals surface area contributed by atoms with Crippen molar-refractivity contribution in [3.63, 3.8) is 0 Å². The van der Waals surface area contributed by atoms with Gasteiger partial charge in [0, 0.05) is 13.0 Å². The molecule has 68 heavy (non-hydrogen) atoms. The zero-order chi connectivity index (χ0) is 49.6. The van der Waals surface area contributed by atoms with Gasteiger partial charge in [-0.2, -0.15) is 8.42 Å². The first-order valence-electron chi connectivity index (χ1n) is 26.7. The molecule has 6 atom stereocenters. The molecule has 0 spiro atoms. The number of rotatable bonds is 46. The number of esters is 1. The molecule has 394 valence electrons. The van der Waals surface area contributed by atoms with Crippen molar-refractivity contribution in [1.82, 2.24) is 0 Å². The minimum absolute atomic E-state index is 0.0268. The van der Waals surface area contributed by atoms with Crippen molar-refractivity contribution in [2.45, 2.75) is 243 Å². The molecule has 1 saturated heterocycles. The number of ether oxygens (including phenoxy) is 4. The van der Waals surface area contributed by atoms with E-state index in [9.17, 15) is 33.1 Å². The van der Waals surface area contributed by atoms with E-state index in [0.29, 0.717) is 13.0 Å². The lowest BCUT2D eigenvalue weighted by atomic mass is 9.99. The van der Waals surface area contributed by atoms with Crippen LogP contribution in [0.2, 0.25) is 0 Å². The molecule has 6 unspecified atom stereocenters. The lowest BCUT2D eigenvalue weighted by Crippen LogP contribution is -2.60. The number of aliphatic hydroxyl groups excluding tert-OH is 3. The van der Waals surface area contributed by atoms with Gasteiger partial charge in [-0.1, -0.05) is 209 Å². The highest BCUT2D eigenvalue weighted by atomic mass is 32.3. The summed E-state index contributed by atoms with van der Waals surface area (Å²) in [7, 11) is -5.07. The van der Waals surface area contributed by atoms with Crippen molar-refractivity contribution in [2.24, 2.45) is 0 Å². The van der Waals surface area contributed by atoms with Crippen molar-refractivity contribution < 1.29 is 56.2 Å². The second kappa shape index (κ2) is 45.7. The lowest BCUT2D eigenvalue weighted by Gasteiger charge is -2.41. The zero-order valence-electron chi connectivity index (χ0n) is 42.4. The molecular weight excluding hydrogens is 885 g/mol. The topological polar surface area (TPSA) is 178 Å². The summed E-state index contributed by atoms with van der Waals surface area (Å²) in [6, 6.07) is 0. The Kier molecular flexibility index (Phi) is 42.7. The van der Waals surface area contributed by atoms with Gasteiger partial charge in [-0.3, -0.25) is 9.35 Å². The quantitative estimate of drug-likeness (QED) is 0.0197. The van der Waals surface area contributed by atoms with Crippen molar-refractivity contribution in [3.05, 3.63) is 72.9 Å². The average Bonchev–Trinajstić information content (AvgIpc) is 3.31. The number of carbonyl (C=O) groups is 1. The van der Waals surface area contributed by atoms with Crippen LogP contribution in [0.3, 0.4) is 0 Å². The van der Waals surface area contributed by atoms with E-state index in [-0.39, 0.29) is 19.6 Å². The van der Waals surface area contributed by atoms with Gasteiger partial charge in [-0.15, -0.1) is 0 Å². The highest BCUT2D eigenvalue weighted by Gasteiger charge is 2.48. The van der Waals surface area contributed by atoms with Crippen LogP contribution in [0.4, 0.5) is 0 Å². The van der Waals surface area contributed by atoms with E-state index in [1.54, 1.807) is 0 Å². The third-order valence-electron chi connectivity index (χ3n) is 11.8. The van der Waals surface area contributed by atoms with Crippen molar-refractivity contribution in [1.29, 1.82) is 0 Å². The first-order valence-corrected chi connectivity index (χ1v) is 28.1. The fraction of sp³-hybridized carbons (Fsp3) is 0.764. The first-order chi connectivity index (χ1) is 33.1. The van der Waals surface area contributed by atoms with Crippen LogP contribution in [0, 0.1) is 0 Å². The fourth-order valence-electron chi connectivity index (χ4n) is 7.85. The molecule has 0 radical (unpaired) electrons. The van der Waals surface area contributed by atoms with E-state index in [1.807, 2.05) is 0 Å². The minimum atomic E-state index is -5.07. The van der Waals surface area contributed by atoms with E-state index in [0.717, 1.165) is 89.9 Å². The SMILES string of the molecule is CC/C=C\C/C=C\C/C=C\C/C=C\C/C=C\C/C=C\CCCCCCCCCOCC(COC1OC(CO)C(O)C(OS(=O)(=O)O)C1O)OC(=O)CCCCCCCCCCCCCCCCC. The molecule has 0 aromatic carbocycles. The van der Waals surface area contributed by atoms with Crippen LogP contribution < -0.4 is 0 Å². The van der Waals surface area contributed by atoms with Crippen molar-refractivity contribution in [3.8, 4) is 0 Å². The lowest BCUT2D eigenvalue weighted by molar-refractivity contribution is -0.301. The maximum Gasteiger partial charge on any atom is 0.397 e. The van der Waals surface area contributed by atoms with Crippen molar-refractivity contribution >= 4 is 16.4 Å². The first kappa shape index (κ1) is 63.6. The normalized spacial score (nSPS) is 19.9. The van der Waals surface area contributed by atoms with Gasteiger partial charge in [0.2, 0.25) is 0 Å². The molecule has 13 heteroatoms. The maximum atomic E-state index is 12.9. The number of carbonyl (C=O) groups excluding carboxylic acids is 1. The Bertz CT molecular complexity index is 1460. The number of hydrogen-bond donors (Lipinski definition) is 4. The second-order valence-electron chi connectivity index (χ2n) is 18.1. The monoisotopic (exact) mass is 981 g/mol. The molecule has 0 aliphatic carbocycles. The summed E-state index contributed by atoms with van der Waals surface area (Å²) >= 11 is 0. The number of unbranched alkanes of at least 4 members (excludes halogenated alkanes) is 21. The van der Waals surface area contributed by atoms with Gasteiger partial charge in [-0.25, -0.2) is 4.18 Å². The van der Waals surface area contributed by atoms with Gasteiger partial charge in [0.15, 0.2) is 6.29 Å². The highest BCUT2D eigenvalue weighted by Crippen LogP contribution is 2.26. The molecule has 1 aliphatic heterocycles. The molecule has 12 nitrogen and oxygen atoms in total. The molecule has 0 bridgehead atoms. The predicted molar refractivity (Wildman–Crippen MR) is 276 cm³/mol. The summed E-state index contributed by atoms with van der Waals surface area (Å²) < 4.78 is 59.3. The molecule has 0 aromatic heterocycles. The summed E-state index contributed by atoms with van der Waals surface area (Å²) in [6.07, 6.45) is 50.7. The molecular formula is C55H96O12S. The molecule has 4 N–H and O–H groups in total. The van der Waals surface area contributed by atoms with E-state index in [1.165, 1.54) is 89.9 Å². The molecule has 0 amide bonds. The Morgan fingerprint density at radius 2 is 1.01 bits per heavy atom. The Morgan fingerprint density at radius 1 is 0.574 bits per heavy atom. The Morgan fingerprint density at radius 3 is 1.49 bits per heavy atom. The molecule has 1 fully saturated rings. The van der Waals surface area contributed by atoms with E-state index < -0.39 is 59.8 Å². The minimum Gasteiger partial charge on any atom is -0.457 e.